The molecule has 0 aliphatic heterocycles. The zero-order valence-electron chi connectivity index (χ0n) is 17.5. The first-order valence-electron chi connectivity index (χ1n) is 10.0. The number of anilines is 1. The van der Waals surface area contributed by atoms with Gasteiger partial charge < -0.3 is 10.1 Å². The van der Waals surface area contributed by atoms with Crippen molar-refractivity contribution in [2.24, 2.45) is 0 Å². The van der Waals surface area contributed by atoms with E-state index in [1.165, 1.54) is 4.40 Å². The molecule has 2 aromatic carbocycles. The molecule has 0 unspecified atom stereocenters. The first-order chi connectivity index (χ1) is 15.5. The van der Waals surface area contributed by atoms with E-state index in [-0.39, 0.29) is 12.5 Å². The van der Waals surface area contributed by atoms with Gasteiger partial charge in [-0.25, -0.2) is 18.4 Å². The average Bonchev–Trinajstić information content (AvgIpc) is 3.35. The zero-order chi connectivity index (χ0) is 22.2. The summed E-state index contributed by atoms with van der Waals surface area (Å²) < 4.78 is 9.43. The molecule has 5 aromatic rings. The van der Waals surface area contributed by atoms with Crippen LogP contribution in [0.15, 0.2) is 71.8 Å². The lowest BCUT2D eigenvalue weighted by Crippen LogP contribution is -2.28. The van der Waals surface area contributed by atoms with Gasteiger partial charge in [0.2, 0.25) is 5.91 Å². The lowest BCUT2D eigenvalue weighted by Gasteiger charge is -2.05. The van der Waals surface area contributed by atoms with Crippen LogP contribution in [0.4, 0.5) is 5.69 Å². The quantitative estimate of drug-likeness (QED) is 0.465. The normalized spacial score (nSPS) is 11.2. The van der Waals surface area contributed by atoms with Crippen LogP contribution in [0.1, 0.15) is 5.56 Å². The zero-order valence-corrected chi connectivity index (χ0v) is 17.5. The molecule has 0 atom stereocenters. The van der Waals surface area contributed by atoms with E-state index in [2.05, 4.69) is 15.5 Å². The maximum Gasteiger partial charge on any atom is 0.350 e. The maximum absolute atomic E-state index is 12.8. The minimum absolute atomic E-state index is 0.194. The molecule has 0 saturated heterocycles. The van der Waals surface area contributed by atoms with Gasteiger partial charge in [0.25, 0.3) is 0 Å². The van der Waals surface area contributed by atoms with E-state index < -0.39 is 5.69 Å². The minimum atomic E-state index is -0.394. The molecule has 0 radical (unpaired) electrons. The van der Waals surface area contributed by atoms with Crippen molar-refractivity contribution in [1.82, 2.24) is 23.8 Å². The highest BCUT2D eigenvalue weighted by Gasteiger charge is 2.15. The Balaban J connectivity index is 1.48. The molecular weight excluding hydrogens is 408 g/mol. The van der Waals surface area contributed by atoms with E-state index in [4.69, 9.17) is 4.74 Å². The van der Waals surface area contributed by atoms with E-state index in [0.29, 0.717) is 16.9 Å². The Labute approximate surface area is 182 Å². The molecule has 32 heavy (non-hydrogen) atoms. The van der Waals surface area contributed by atoms with Gasteiger partial charge in [0, 0.05) is 23.6 Å². The second-order valence-electron chi connectivity index (χ2n) is 7.44. The first kappa shape index (κ1) is 19.6. The van der Waals surface area contributed by atoms with Gasteiger partial charge in [0.15, 0.2) is 5.65 Å². The van der Waals surface area contributed by atoms with Gasteiger partial charge in [-0.15, -0.1) is 5.10 Å². The number of carbonyl (C=O) groups excluding carboxylic acids is 1. The van der Waals surface area contributed by atoms with Crippen LogP contribution in [0, 0.1) is 6.92 Å². The molecule has 0 aliphatic carbocycles. The second kappa shape index (κ2) is 7.69. The number of aryl methyl sites for hydroxylation is 1. The van der Waals surface area contributed by atoms with Gasteiger partial charge in [-0.2, -0.15) is 5.10 Å². The molecule has 3 aromatic heterocycles. The molecule has 160 valence electrons. The Kier molecular flexibility index (Phi) is 4.70. The molecule has 5 rings (SSSR count). The molecule has 9 nitrogen and oxygen atoms in total. The molecule has 0 saturated carbocycles. The van der Waals surface area contributed by atoms with Crippen molar-refractivity contribution < 1.29 is 9.53 Å². The summed E-state index contributed by atoms with van der Waals surface area (Å²) in [5.74, 6) is 0.429. The molecule has 0 bridgehead atoms. The molecule has 0 aliphatic rings. The largest absolute Gasteiger partial charge is 0.497 e. The highest BCUT2D eigenvalue weighted by molar-refractivity contribution is 5.90. The van der Waals surface area contributed by atoms with E-state index >= 15 is 0 Å². The van der Waals surface area contributed by atoms with Crippen LogP contribution < -0.4 is 15.7 Å². The van der Waals surface area contributed by atoms with Gasteiger partial charge in [-0.3, -0.25) is 4.79 Å². The number of fused-ring (bicyclic) bond motifs is 3. The molecule has 1 N–H and O–H groups in total. The van der Waals surface area contributed by atoms with Crippen molar-refractivity contribution in [3.05, 3.63) is 83.0 Å². The fourth-order valence-electron chi connectivity index (χ4n) is 3.60. The number of hydrogen-bond acceptors (Lipinski definition) is 5. The number of rotatable bonds is 5. The molecule has 0 spiro atoms. The van der Waals surface area contributed by atoms with Crippen LogP contribution in [0.2, 0.25) is 0 Å². The minimum Gasteiger partial charge on any atom is -0.497 e. The van der Waals surface area contributed by atoms with Gasteiger partial charge in [0.05, 0.1) is 12.8 Å². The molecule has 0 fully saturated rings. The van der Waals surface area contributed by atoms with Crippen molar-refractivity contribution in [3.8, 4) is 17.0 Å². The smallest absolute Gasteiger partial charge is 0.350 e. The SMILES string of the molecule is COc1ccc(-c2cc3c4nn(CC(=O)Nc5cccc(C)c5)c(=O)n4ccn3n2)cc1. The first-order valence-corrected chi connectivity index (χ1v) is 10.0. The summed E-state index contributed by atoms with van der Waals surface area (Å²) in [5.41, 5.74) is 4.04. The summed E-state index contributed by atoms with van der Waals surface area (Å²) in [7, 11) is 1.62. The Morgan fingerprint density at radius 2 is 1.88 bits per heavy atom. The third-order valence-corrected chi connectivity index (χ3v) is 5.17. The Morgan fingerprint density at radius 1 is 1.06 bits per heavy atom. The number of ether oxygens (including phenoxy) is 1. The van der Waals surface area contributed by atoms with Gasteiger partial charge in [0.1, 0.15) is 17.8 Å². The van der Waals surface area contributed by atoms with Crippen molar-refractivity contribution in [1.29, 1.82) is 0 Å². The van der Waals surface area contributed by atoms with Crippen LogP contribution in [0.3, 0.4) is 0 Å². The lowest BCUT2D eigenvalue weighted by atomic mass is 10.1. The molecule has 3 heterocycles. The number of nitrogens with zero attached hydrogens (tertiary/aromatic N) is 5. The van der Waals surface area contributed by atoms with Gasteiger partial charge >= 0.3 is 5.69 Å². The number of benzene rings is 2. The fourth-order valence-corrected chi connectivity index (χ4v) is 3.60. The number of amides is 1. The Hall–Kier alpha value is -4.40. The number of methoxy groups -OCH3 is 1. The second-order valence-corrected chi connectivity index (χ2v) is 7.44. The summed E-state index contributed by atoms with van der Waals surface area (Å²) in [6.07, 6.45) is 3.28. The highest BCUT2D eigenvalue weighted by atomic mass is 16.5. The van der Waals surface area contributed by atoms with Crippen LogP contribution in [0.25, 0.3) is 22.4 Å². The van der Waals surface area contributed by atoms with E-state index in [9.17, 15) is 9.59 Å². The van der Waals surface area contributed by atoms with E-state index in [1.807, 2.05) is 55.5 Å². The monoisotopic (exact) mass is 428 g/mol. The summed E-state index contributed by atoms with van der Waals surface area (Å²) >= 11 is 0. The highest BCUT2D eigenvalue weighted by Crippen LogP contribution is 2.23. The van der Waals surface area contributed by atoms with Crippen LogP contribution in [-0.2, 0) is 11.3 Å². The predicted molar refractivity (Wildman–Crippen MR) is 120 cm³/mol. The van der Waals surface area contributed by atoms with Crippen LogP contribution >= 0.6 is 0 Å². The lowest BCUT2D eigenvalue weighted by molar-refractivity contribution is -0.117. The van der Waals surface area contributed by atoms with Crippen molar-refractivity contribution in [2.45, 2.75) is 13.5 Å². The number of carbonyl (C=O) groups is 1. The van der Waals surface area contributed by atoms with E-state index in [1.54, 1.807) is 30.1 Å². The molecule has 1 amide bonds. The third-order valence-electron chi connectivity index (χ3n) is 5.17. The van der Waals surface area contributed by atoms with Crippen molar-refractivity contribution >= 4 is 22.8 Å². The Bertz CT molecular complexity index is 1510. The molecular formula is C23H20N6O3. The van der Waals surface area contributed by atoms with Crippen LogP contribution in [-0.4, -0.2) is 36.8 Å². The summed E-state index contributed by atoms with van der Waals surface area (Å²) in [5, 5.41) is 11.8. The van der Waals surface area contributed by atoms with Gasteiger partial charge in [-0.05, 0) is 55.0 Å². The fraction of sp³-hybridized carbons (Fsp3) is 0.130. The number of aromatic nitrogens is 5. The predicted octanol–water partition coefficient (Wildman–Crippen LogP) is 2.77. The van der Waals surface area contributed by atoms with E-state index in [0.717, 1.165) is 27.3 Å². The maximum atomic E-state index is 12.8. The number of hydrogen-bond donors (Lipinski definition) is 1. The molecule has 9 heteroatoms. The standard InChI is InChI=1S/C23H20N6O3/c1-15-4-3-5-17(12-15)24-21(30)14-29-23(31)27-10-11-28-20(22(27)26-29)13-19(25-28)16-6-8-18(32-2)9-7-16/h3-13H,14H2,1-2H3,(H,24,30). The topological polar surface area (TPSA) is 94.9 Å². The van der Waals surface area contributed by atoms with Crippen molar-refractivity contribution in [3.63, 3.8) is 0 Å². The third kappa shape index (κ3) is 3.49. The number of nitrogens with one attached hydrogen (secondary N) is 1. The van der Waals surface area contributed by atoms with Crippen LogP contribution in [0.5, 0.6) is 5.75 Å². The summed E-state index contributed by atoms with van der Waals surface area (Å²) in [6, 6.07) is 16.9. The summed E-state index contributed by atoms with van der Waals surface area (Å²) in [6.45, 7) is 1.75. The summed E-state index contributed by atoms with van der Waals surface area (Å²) in [4.78, 5) is 25.3. The van der Waals surface area contributed by atoms with Gasteiger partial charge in [-0.1, -0.05) is 12.1 Å². The van der Waals surface area contributed by atoms with Crippen molar-refractivity contribution in [2.75, 3.05) is 12.4 Å². The average molecular weight is 428 g/mol. The Morgan fingerprint density at radius 3 is 2.62 bits per heavy atom.